The molecule has 0 saturated carbocycles. The number of rotatable bonds is 4. The molecule has 0 aromatic heterocycles. The molecule has 4 heteroatoms. The Hall–Kier alpha value is -1.71. The lowest BCUT2D eigenvalue weighted by Gasteiger charge is -2.26. The second-order valence-electron chi connectivity index (χ2n) is 5.17. The zero-order valence-corrected chi connectivity index (χ0v) is 11.5. The van der Waals surface area contributed by atoms with Crippen molar-refractivity contribution in [3.05, 3.63) is 23.8 Å². The number of aromatic hydroxyl groups is 1. The molecule has 0 aliphatic rings. The van der Waals surface area contributed by atoms with Crippen LogP contribution in [0.2, 0.25) is 0 Å². The quantitative estimate of drug-likeness (QED) is 0.637. The van der Waals surface area contributed by atoms with E-state index in [-0.39, 0.29) is 17.7 Å². The minimum absolute atomic E-state index is 0.0532. The minimum Gasteiger partial charge on any atom is -0.508 e. The molecule has 1 atom stereocenters. The molecule has 1 aromatic rings. The van der Waals surface area contributed by atoms with Crippen molar-refractivity contribution >= 4 is 11.6 Å². The predicted octanol–water partition coefficient (Wildman–Crippen LogP) is 2.48. The fourth-order valence-corrected chi connectivity index (χ4v) is 1.96. The summed E-state index contributed by atoms with van der Waals surface area (Å²) in [6, 6.07) is 4.57. The highest BCUT2D eigenvalue weighted by Crippen LogP contribution is 2.21. The van der Waals surface area contributed by atoms with Gasteiger partial charge >= 0.3 is 0 Å². The lowest BCUT2D eigenvalue weighted by molar-refractivity contribution is 0.0729. The van der Waals surface area contributed by atoms with Crippen molar-refractivity contribution in [3.63, 3.8) is 0 Å². The van der Waals surface area contributed by atoms with Crippen molar-refractivity contribution < 1.29 is 9.90 Å². The molecule has 0 radical (unpaired) electrons. The van der Waals surface area contributed by atoms with Gasteiger partial charge in [-0.15, -0.1) is 0 Å². The molecule has 0 aliphatic heterocycles. The van der Waals surface area contributed by atoms with E-state index in [0.717, 1.165) is 6.42 Å². The Morgan fingerprint density at radius 1 is 1.39 bits per heavy atom. The van der Waals surface area contributed by atoms with Gasteiger partial charge in [0, 0.05) is 18.8 Å². The van der Waals surface area contributed by atoms with Gasteiger partial charge in [-0.1, -0.05) is 13.8 Å². The van der Waals surface area contributed by atoms with Crippen molar-refractivity contribution in [3.8, 4) is 5.75 Å². The molecule has 1 rings (SSSR count). The first kappa shape index (κ1) is 14.4. The van der Waals surface area contributed by atoms with Crippen LogP contribution in [0.25, 0.3) is 0 Å². The third kappa shape index (κ3) is 3.39. The fraction of sp³-hybridized carbons (Fsp3) is 0.500. The van der Waals surface area contributed by atoms with Crippen LogP contribution in [0.4, 0.5) is 5.69 Å². The van der Waals surface area contributed by atoms with Gasteiger partial charge < -0.3 is 15.7 Å². The van der Waals surface area contributed by atoms with E-state index in [1.54, 1.807) is 18.0 Å². The second-order valence-corrected chi connectivity index (χ2v) is 5.17. The Labute approximate surface area is 108 Å². The van der Waals surface area contributed by atoms with Crippen molar-refractivity contribution in [2.45, 2.75) is 33.2 Å². The third-order valence-corrected chi connectivity index (χ3v) is 3.06. The van der Waals surface area contributed by atoms with Crippen molar-refractivity contribution in [1.82, 2.24) is 4.90 Å². The molecule has 4 nitrogen and oxygen atoms in total. The smallest absolute Gasteiger partial charge is 0.256 e. The summed E-state index contributed by atoms with van der Waals surface area (Å²) >= 11 is 0. The van der Waals surface area contributed by atoms with E-state index in [0.29, 0.717) is 17.2 Å². The van der Waals surface area contributed by atoms with Gasteiger partial charge in [-0.3, -0.25) is 4.79 Å². The van der Waals surface area contributed by atoms with Crippen LogP contribution < -0.4 is 5.73 Å². The van der Waals surface area contributed by atoms with E-state index in [2.05, 4.69) is 13.8 Å². The van der Waals surface area contributed by atoms with E-state index < -0.39 is 0 Å². The molecule has 100 valence electrons. The number of amides is 1. The van der Waals surface area contributed by atoms with Gasteiger partial charge in [0.1, 0.15) is 5.75 Å². The summed E-state index contributed by atoms with van der Waals surface area (Å²) in [5.74, 6) is 0.422. The van der Waals surface area contributed by atoms with Crippen LogP contribution in [0, 0.1) is 5.92 Å². The van der Waals surface area contributed by atoms with E-state index >= 15 is 0 Å². The zero-order chi connectivity index (χ0) is 13.9. The Kier molecular flexibility index (Phi) is 4.59. The number of nitrogen functional groups attached to an aromatic ring is 1. The summed E-state index contributed by atoms with van der Waals surface area (Å²) in [5, 5.41) is 9.43. The van der Waals surface area contributed by atoms with Crippen LogP contribution in [0.1, 0.15) is 37.6 Å². The van der Waals surface area contributed by atoms with Gasteiger partial charge in [0.25, 0.3) is 5.91 Å². The first-order valence-corrected chi connectivity index (χ1v) is 6.18. The topological polar surface area (TPSA) is 66.6 Å². The van der Waals surface area contributed by atoms with Crippen molar-refractivity contribution in [2.75, 3.05) is 12.8 Å². The number of carbonyl (C=O) groups is 1. The van der Waals surface area contributed by atoms with Crippen molar-refractivity contribution in [1.29, 1.82) is 0 Å². The standard InChI is InChI=1S/C14H22N2O2/c1-9(2)7-10(3)16(4)14(18)12-8-11(17)5-6-13(12)15/h5-6,8-10,17H,7,15H2,1-4H3. The van der Waals surface area contributed by atoms with Gasteiger partial charge in [-0.25, -0.2) is 0 Å². The summed E-state index contributed by atoms with van der Waals surface area (Å²) in [4.78, 5) is 13.9. The normalized spacial score (nSPS) is 12.5. The molecule has 3 N–H and O–H groups in total. The average Bonchev–Trinajstić information content (AvgIpc) is 2.29. The predicted molar refractivity (Wildman–Crippen MR) is 73.5 cm³/mol. The first-order valence-electron chi connectivity index (χ1n) is 6.18. The molecule has 18 heavy (non-hydrogen) atoms. The maximum Gasteiger partial charge on any atom is 0.256 e. The highest BCUT2D eigenvalue weighted by Gasteiger charge is 2.20. The summed E-state index contributed by atoms with van der Waals surface area (Å²) in [5.41, 5.74) is 6.52. The zero-order valence-electron chi connectivity index (χ0n) is 11.5. The molecular formula is C14H22N2O2. The van der Waals surface area contributed by atoms with Crippen LogP contribution in [-0.4, -0.2) is 29.0 Å². The van der Waals surface area contributed by atoms with Gasteiger partial charge in [0.05, 0.1) is 5.56 Å². The Bertz CT molecular complexity index is 430. The van der Waals surface area contributed by atoms with Crippen LogP contribution >= 0.6 is 0 Å². The molecule has 0 spiro atoms. The van der Waals surface area contributed by atoms with Crippen LogP contribution in [0.3, 0.4) is 0 Å². The monoisotopic (exact) mass is 250 g/mol. The van der Waals surface area contributed by atoms with Crippen LogP contribution in [0.5, 0.6) is 5.75 Å². The Balaban J connectivity index is 2.89. The van der Waals surface area contributed by atoms with Gasteiger partial charge in [-0.05, 0) is 37.5 Å². The number of hydrogen-bond donors (Lipinski definition) is 2. The number of phenolic OH excluding ortho intramolecular Hbond substituents is 1. The molecule has 0 saturated heterocycles. The Morgan fingerprint density at radius 2 is 2.00 bits per heavy atom. The maximum absolute atomic E-state index is 12.3. The number of anilines is 1. The Morgan fingerprint density at radius 3 is 2.56 bits per heavy atom. The van der Waals surface area contributed by atoms with E-state index in [4.69, 9.17) is 5.73 Å². The fourth-order valence-electron chi connectivity index (χ4n) is 1.96. The lowest BCUT2D eigenvalue weighted by atomic mass is 10.0. The highest BCUT2D eigenvalue weighted by molar-refractivity contribution is 5.99. The molecule has 0 bridgehead atoms. The molecule has 1 amide bonds. The molecule has 0 fully saturated rings. The molecule has 0 aliphatic carbocycles. The molecular weight excluding hydrogens is 228 g/mol. The van der Waals surface area contributed by atoms with Crippen LogP contribution in [-0.2, 0) is 0 Å². The number of benzene rings is 1. The maximum atomic E-state index is 12.3. The lowest BCUT2D eigenvalue weighted by Crippen LogP contribution is -2.36. The van der Waals surface area contributed by atoms with E-state index in [1.165, 1.54) is 12.1 Å². The number of phenols is 1. The van der Waals surface area contributed by atoms with Gasteiger partial charge in [0.2, 0.25) is 0 Å². The van der Waals surface area contributed by atoms with Gasteiger partial charge in [-0.2, -0.15) is 0 Å². The van der Waals surface area contributed by atoms with E-state index in [9.17, 15) is 9.90 Å². The number of nitrogens with zero attached hydrogens (tertiary/aromatic N) is 1. The molecule has 0 heterocycles. The van der Waals surface area contributed by atoms with E-state index in [1.807, 2.05) is 6.92 Å². The summed E-state index contributed by atoms with van der Waals surface area (Å²) in [7, 11) is 1.76. The minimum atomic E-state index is -0.156. The largest absolute Gasteiger partial charge is 0.508 e. The number of nitrogens with two attached hydrogens (primary N) is 1. The summed E-state index contributed by atoms with van der Waals surface area (Å²) in [6.07, 6.45) is 0.932. The van der Waals surface area contributed by atoms with Crippen LogP contribution in [0.15, 0.2) is 18.2 Å². The summed E-state index contributed by atoms with van der Waals surface area (Å²) < 4.78 is 0. The van der Waals surface area contributed by atoms with Crippen molar-refractivity contribution in [2.24, 2.45) is 5.92 Å². The SMILES string of the molecule is CC(C)CC(C)N(C)C(=O)c1cc(O)ccc1N. The number of hydrogen-bond acceptors (Lipinski definition) is 3. The van der Waals surface area contributed by atoms with Gasteiger partial charge in [0.15, 0.2) is 0 Å². The average molecular weight is 250 g/mol. The second kappa shape index (κ2) is 5.76. The first-order chi connectivity index (χ1) is 8.32. The highest BCUT2D eigenvalue weighted by atomic mass is 16.3. The third-order valence-electron chi connectivity index (χ3n) is 3.06. The molecule has 1 unspecified atom stereocenters. The molecule has 1 aromatic carbocycles. The number of carbonyl (C=O) groups excluding carboxylic acids is 1. The summed E-state index contributed by atoms with van der Waals surface area (Å²) in [6.45, 7) is 6.26.